The molecule has 1 aromatic heterocycles. The second kappa shape index (κ2) is 8.07. The van der Waals surface area contributed by atoms with Crippen LogP contribution in [0.5, 0.6) is 0 Å². The van der Waals surface area contributed by atoms with Crippen molar-refractivity contribution < 1.29 is 18.4 Å². The molecule has 0 saturated carbocycles. The smallest absolute Gasteiger partial charge is 0.323 e. The van der Waals surface area contributed by atoms with Crippen LogP contribution in [-0.4, -0.2) is 65.1 Å². The Labute approximate surface area is 139 Å². The van der Waals surface area contributed by atoms with E-state index in [2.05, 4.69) is 10.4 Å². The van der Waals surface area contributed by atoms with Gasteiger partial charge in [0, 0.05) is 45.9 Å². The van der Waals surface area contributed by atoms with Crippen molar-refractivity contribution in [2.24, 2.45) is 5.92 Å². The minimum Gasteiger partial charge on any atom is -0.349 e. The Morgan fingerprint density at radius 2 is 2.04 bits per heavy atom. The Morgan fingerprint density at radius 1 is 1.38 bits per heavy atom. The van der Waals surface area contributed by atoms with Crippen LogP contribution in [0.25, 0.3) is 0 Å². The van der Waals surface area contributed by atoms with Crippen LogP contribution in [-0.2, 0) is 11.3 Å². The first-order chi connectivity index (χ1) is 11.3. The highest BCUT2D eigenvalue weighted by Crippen LogP contribution is 2.21. The van der Waals surface area contributed by atoms with E-state index in [1.54, 1.807) is 23.9 Å². The number of alkyl halides is 2. The Morgan fingerprint density at radius 3 is 2.62 bits per heavy atom. The van der Waals surface area contributed by atoms with Gasteiger partial charge in [-0.05, 0) is 18.8 Å². The van der Waals surface area contributed by atoms with Gasteiger partial charge in [0.25, 0.3) is 6.43 Å². The standard InChI is InChI=1S/C15H23F2N5O2/c1-20(2)14(23)9-11-3-6-21(7-4-11)15(24)18-13-5-8-22(19-13)10-12(16)17/h5,8,11-12H,3-4,6-7,9-10H2,1-2H3,(H,18,19,24). The van der Waals surface area contributed by atoms with E-state index in [0.717, 1.165) is 17.5 Å². The lowest BCUT2D eigenvalue weighted by molar-refractivity contribution is -0.129. The predicted octanol–water partition coefficient (Wildman–Crippen LogP) is 1.87. The van der Waals surface area contributed by atoms with Gasteiger partial charge in [0.15, 0.2) is 5.82 Å². The zero-order valence-corrected chi connectivity index (χ0v) is 13.9. The molecular formula is C15H23F2N5O2. The van der Waals surface area contributed by atoms with Gasteiger partial charge in [-0.1, -0.05) is 0 Å². The summed E-state index contributed by atoms with van der Waals surface area (Å²) in [7, 11) is 3.47. The molecule has 0 bridgehead atoms. The number of carbonyl (C=O) groups is 2. The lowest BCUT2D eigenvalue weighted by atomic mass is 9.93. The minimum absolute atomic E-state index is 0.0995. The first kappa shape index (κ1) is 18.2. The van der Waals surface area contributed by atoms with E-state index in [1.165, 1.54) is 12.3 Å². The van der Waals surface area contributed by atoms with Crippen LogP contribution in [0.2, 0.25) is 0 Å². The molecule has 7 nitrogen and oxygen atoms in total. The van der Waals surface area contributed by atoms with E-state index < -0.39 is 13.0 Å². The fourth-order valence-corrected chi connectivity index (χ4v) is 2.63. The number of piperidine rings is 1. The van der Waals surface area contributed by atoms with E-state index >= 15 is 0 Å². The summed E-state index contributed by atoms with van der Waals surface area (Å²) in [5.41, 5.74) is 0. The first-order valence-corrected chi connectivity index (χ1v) is 7.93. The highest BCUT2D eigenvalue weighted by atomic mass is 19.3. The number of likely N-dealkylation sites (tertiary alicyclic amines) is 1. The van der Waals surface area contributed by atoms with Crippen molar-refractivity contribution in [3.05, 3.63) is 12.3 Å². The van der Waals surface area contributed by atoms with Gasteiger partial charge in [0.1, 0.15) is 6.54 Å². The maximum Gasteiger partial charge on any atom is 0.323 e. The number of anilines is 1. The van der Waals surface area contributed by atoms with Crippen molar-refractivity contribution in [2.75, 3.05) is 32.5 Å². The zero-order valence-electron chi connectivity index (χ0n) is 13.9. The second-order valence-electron chi connectivity index (χ2n) is 6.17. The van der Waals surface area contributed by atoms with E-state index in [4.69, 9.17) is 0 Å². The average molecular weight is 343 g/mol. The van der Waals surface area contributed by atoms with Crippen molar-refractivity contribution >= 4 is 17.8 Å². The number of halogens is 2. The number of urea groups is 1. The van der Waals surface area contributed by atoms with Crippen LogP contribution in [0.15, 0.2) is 12.3 Å². The van der Waals surface area contributed by atoms with Gasteiger partial charge >= 0.3 is 6.03 Å². The number of nitrogens with one attached hydrogen (secondary N) is 1. The van der Waals surface area contributed by atoms with Crippen LogP contribution >= 0.6 is 0 Å². The maximum absolute atomic E-state index is 12.3. The Balaban J connectivity index is 1.78. The molecule has 1 N–H and O–H groups in total. The average Bonchev–Trinajstić information content (AvgIpc) is 2.94. The lowest BCUT2D eigenvalue weighted by Gasteiger charge is -2.31. The summed E-state index contributed by atoms with van der Waals surface area (Å²) in [5, 5.41) is 6.50. The molecule has 0 radical (unpaired) electrons. The maximum atomic E-state index is 12.3. The molecule has 134 valence electrons. The Kier molecular flexibility index (Phi) is 6.10. The number of hydrogen-bond acceptors (Lipinski definition) is 3. The lowest BCUT2D eigenvalue weighted by Crippen LogP contribution is -2.41. The minimum atomic E-state index is -2.49. The molecule has 2 heterocycles. The summed E-state index contributed by atoms with van der Waals surface area (Å²) < 4.78 is 25.6. The fourth-order valence-electron chi connectivity index (χ4n) is 2.63. The van der Waals surface area contributed by atoms with Gasteiger partial charge in [-0.2, -0.15) is 5.10 Å². The first-order valence-electron chi connectivity index (χ1n) is 7.93. The number of amides is 3. The van der Waals surface area contributed by atoms with Crippen LogP contribution < -0.4 is 5.32 Å². The van der Waals surface area contributed by atoms with Crippen LogP contribution in [0.1, 0.15) is 19.3 Å². The van der Waals surface area contributed by atoms with E-state index in [0.29, 0.717) is 19.5 Å². The van der Waals surface area contributed by atoms with Gasteiger partial charge in [0.2, 0.25) is 5.91 Å². The molecule has 0 atom stereocenters. The van der Waals surface area contributed by atoms with Crippen LogP contribution in [0, 0.1) is 5.92 Å². The van der Waals surface area contributed by atoms with Crippen molar-refractivity contribution in [3.8, 4) is 0 Å². The van der Waals surface area contributed by atoms with E-state index in [9.17, 15) is 18.4 Å². The molecule has 1 fully saturated rings. The van der Waals surface area contributed by atoms with Crippen molar-refractivity contribution in [1.29, 1.82) is 0 Å². The zero-order chi connectivity index (χ0) is 17.7. The molecule has 0 aliphatic carbocycles. The molecule has 1 saturated heterocycles. The highest BCUT2D eigenvalue weighted by Gasteiger charge is 2.25. The van der Waals surface area contributed by atoms with Crippen LogP contribution in [0.4, 0.5) is 19.4 Å². The number of aromatic nitrogens is 2. The molecule has 1 aliphatic heterocycles. The SMILES string of the molecule is CN(C)C(=O)CC1CCN(C(=O)Nc2ccn(CC(F)F)n2)CC1. The molecule has 1 aromatic rings. The second-order valence-corrected chi connectivity index (χ2v) is 6.17. The largest absolute Gasteiger partial charge is 0.349 e. The predicted molar refractivity (Wildman–Crippen MR) is 84.9 cm³/mol. The number of nitrogens with zero attached hydrogens (tertiary/aromatic N) is 4. The van der Waals surface area contributed by atoms with E-state index in [1.807, 2.05) is 0 Å². The third-order valence-corrected chi connectivity index (χ3v) is 4.06. The molecule has 1 aliphatic rings. The molecule has 9 heteroatoms. The summed E-state index contributed by atoms with van der Waals surface area (Å²) in [4.78, 5) is 27.1. The summed E-state index contributed by atoms with van der Waals surface area (Å²) >= 11 is 0. The van der Waals surface area contributed by atoms with Crippen molar-refractivity contribution in [1.82, 2.24) is 19.6 Å². The molecule has 2 rings (SSSR count). The monoisotopic (exact) mass is 343 g/mol. The topological polar surface area (TPSA) is 70.5 Å². The molecule has 24 heavy (non-hydrogen) atoms. The summed E-state index contributed by atoms with van der Waals surface area (Å²) in [6.07, 6.45) is 0.957. The summed E-state index contributed by atoms with van der Waals surface area (Å²) in [5.74, 6) is 0.641. The van der Waals surface area contributed by atoms with Gasteiger partial charge in [-0.25, -0.2) is 13.6 Å². The molecule has 3 amide bonds. The molecule has 0 aromatic carbocycles. The third kappa shape index (κ3) is 5.17. The van der Waals surface area contributed by atoms with Crippen LogP contribution in [0.3, 0.4) is 0 Å². The summed E-state index contributed by atoms with van der Waals surface area (Å²) in [6, 6.07) is 1.19. The number of hydrogen-bond donors (Lipinski definition) is 1. The van der Waals surface area contributed by atoms with Gasteiger partial charge < -0.3 is 9.80 Å². The summed E-state index contributed by atoms with van der Waals surface area (Å²) in [6.45, 7) is 0.630. The van der Waals surface area contributed by atoms with Gasteiger partial charge in [-0.15, -0.1) is 0 Å². The quantitative estimate of drug-likeness (QED) is 0.887. The molecule has 0 spiro atoms. The van der Waals surface area contributed by atoms with E-state index in [-0.39, 0.29) is 23.7 Å². The fraction of sp³-hybridized carbons (Fsp3) is 0.667. The molecular weight excluding hydrogens is 320 g/mol. The normalized spacial score (nSPS) is 15.6. The number of carbonyl (C=O) groups excluding carboxylic acids is 2. The van der Waals surface area contributed by atoms with Crippen molar-refractivity contribution in [3.63, 3.8) is 0 Å². The molecule has 0 unspecified atom stereocenters. The highest BCUT2D eigenvalue weighted by molar-refractivity contribution is 5.88. The van der Waals surface area contributed by atoms with Gasteiger partial charge in [-0.3, -0.25) is 14.8 Å². The Bertz CT molecular complexity index is 568. The Hall–Kier alpha value is -2.19. The number of rotatable bonds is 5. The van der Waals surface area contributed by atoms with Gasteiger partial charge in [0.05, 0.1) is 0 Å². The van der Waals surface area contributed by atoms with Crippen molar-refractivity contribution in [2.45, 2.75) is 32.2 Å². The third-order valence-electron chi connectivity index (χ3n) is 4.06.